The first-order chi connectivity index (χ1) is 10.7. The minimum atomic E-state index is -3.80. The normalized spacial score (nSPS) is 12.0. The van der Waals surface area contributed by atoms with Crippen LogP contribution in [0.25, 0.3) is 16.7 Å². The van der Waals surface area contributed by atoms with Crippen molar-refractivity contribution in [1.29, 1.82) is 0 Å². The van der Waals surface area contributed by atoms with E-state index in [2.05, 4.69) is 20.5 Å². The minimum Gasteiger partial charge on any atom is -0.231 e. The largest absolute Gasteiger partial charge is 0.231 e. The summed E-state index contributed by atoms with van der Waals surface area (Å²) in [7, 11) is -3.80. The molecule has 0 bridgehead atoms. The van der Waals surface area contributed by atoms with Crippen molar-refractivity contribution in [2.75, 3.05) is 0 Å². The molecule has 8 heteroatoms. The standard InChI is InChI=1S/C14H9N5O2S/c20-22(21,10-6-2-1-3-7-10)14-13-16-17-18-19(13)12-9-5-4-8-11(12)15-14/h1-9H. The van der Waals surface area contributed by atoms with Gasteiger partial charge in [0.05, 0.1) is 15.9 Å². The van der Waals surface area contributed by atoms with E-state index in [1.165, 1.54) is 16.6 Å². The molecule has 22 heavy (non-hydrogen) atoms. The van der Waals surface area contributed by atoms with E-state index in [9.17, 15) is 8.42 Å². The van der Waals surface area contributed by atoms with E-state index in [1.807, 2.05) is 6.07 Å². The monoisotopic (exact) mass is 311 g/mol. The number of aromatic nitrogens is 5. The van der Waals surface area contributed by atoms with Crippen molar-refractivity contribution in [3.8, 4) is 0 Å². The van der Waals surface area contributed by atoms with Gasteiger partial charge in [-0.25, -0.2) is 13.4 Å². The molecule has 2 aromatic carbocycles. The van der Waals surface area contributed by atoms with Gasteiger partial charge in [-0.05, 0) is 34.7 Å². The molecule has 0 N–H and O–H groups in total. The van der Waals surface area contributed by atoms with Crippen LogP contribution in [0.2, 0.25) is 0 Å². The molecule has 2 aromatic heterocycles. The molecular formula is C14H9N5O2S. The summed E-state index contributed by atoms with van der Waals surface area (Å²) in [5, 5.41) is 11.1. The van der Waals surface area contributed by atoms with E-state index in [4.69, 9.17) is 0 Å². The lowest BCUT2D eigenvalue weighted by Gasteiger charge is -2.06. The molecule has 0 atom stereocenters. The Kier molecular flexibility index (Phi) is 2.67. The van der Waals surface area contributed by atoms with Crippen molar-refractivity contribution in [2.45, 2.75) is 9.92 Å². The molecule has 2 heterocycles. The van der Waals surface area contributed by atoms with Crippen molar-refractivity contribution in [2.24, 2.45) is 0 Å². The third-order valence-corrected chi connectivity index (χ3v) is 4.98. The number of benzene rings is 2. The summed E-state index contributed by atoms with van der Waals surface area (Å²) < 4.78 is 27.0. The van der Waals surface area contributed by atoms with Crippen LogP contribution in [-0.4, -0.2) is 33.4 Å². The Morgan fingerprint density at radius 3 is 2.45 bits per heavy atom. The molecule has 0 spiro atoms. The number of hydrogen-bond donors (Lipinski definition) is 0. The number of para-hydroxylation sites is 2. The van der Waals surface area contributed by atoms with Crippen LogP contribution < -0.4 is 0 Å². The maximum Gasteiger partial charge on any atom is 0.227 e. The van der Waals surface area contributed by atoms with Crippen LogP contribution in [0.1, 0.15) is 0 Å². The minimum absolute atomic E-state index is 0.113. The highest BCUT2D eigenvalue weighted by molar-refractivity contribution is 7.91. The van der Waals surface area contributed by atoms with E-state index < -0.39 is 9.84 Å². The summed E-state index contributed by atoms with van der Waals surface area (Å²) in [4.78, 5) is 4.43. The molecule has 0 unspecified atom stereocenters. The predicted octanol–water partition coefficient (Wildman–Crippen LogP) is 1.51. The molecule has 0 fully saturated rings. The Morgan fingerprint density at radius 1 is 0.909 bits per heavy atom. The van der Waals surface area contributed by atoms with Gasteiger partial charge in [-0.15, -0.1) is 5.10 Å². The molecule has 4 aromatic rings. The van der Waals surface area contributed by atoms with Crippen molar-refractivity contribution in [1.82, 2.24) is 25.0 Å². The molecule has 0 amide bonds. The number of tetrazole rings is 1. The van der Waals surface area contributed by atoms with Crippen LogP contribution in [0.3, 0.4) is 0 Å². The molecule has 4 rings (SSSR count). The number of rotatable bonds is 2. The molecule has 7 nitrogen and oxygen atoms in total. The first-order valence-electron chi connectivity index (χ1n) is 6.45. The molecule has 0 radical (unpaired) electrons. The lowest BCUT2D eigenvalue weighted by Crippen LogP contribution is -2.08. The summed E-state index contributed by atoms with van der Waals surface area (Å²) in [6.07, 6.45) is 0. The van der Waals surface area contributed by atoms with E-state index in [0.29, 0.717) is 11.0 Å². The van der Waals surface area contributed by atoms with Gasteiger partial charge in [-0.3, -0.25) is 0 Å². The lowest BCUT2D eigenvalue weighted by molar-refractivity contribution is 0.593. The predicted molar refractivity (Wildman–Crippen MR) is 78.0 cm³/mol. The summed E-state index contributed by atoms with van der Waals surface area (Å²) in [6.45, 7) is 0. The molecular weight excluding hydrogens is 302 g/mol. The van der Waals surface area contributed by atoms with Crippen LogP contribution in [0.15, 0.2) is 64.5 Å². The van der Waals surface area contributed by atoms with E-state index in [-0.39, 0.29) is 15.6 Å². The number of fused-ring (bicyclic) bond motifs is 3. The SMILES string of the molecule is O=S(=O)(c1ccccc1)c1nc2ccccc2n2nnnc12. The van der Waals surface area contributed by atoms with Gasteiger partial charge in [0.25, 0.3) is 0 Å². The summed E-state index contributed by atoms with van der Waals surface area (Å²) in [5.74, 6) is 0. The highest BCUT2D eigenvalue weighted by Gasteiger charge is 2.25. The van der Waals surface area contributed by atoms with Gasteiger partial charge in [0, 0.05) is 0 Å². The van der Waals surface area contributed by atoms with Crippen molar-refractivity contribution in [3.63, 3.8) is 0 Å². The molecule has 0 aliphatic rings. The third-order valence-electron chi connectivity index (χ3n) is 3.30. The van der Waals surface area contributed by atoms with Gasteiger partial charge in [0.1, 0.15) is 0 Å². The van der Waals surface area contributed by atoms with Crippen molar-refractivity contribution < 1.29 is 8.42 Å². The first-order valence-corrected chi connectivity index (χ1v) is 7.93. The molecule has 0 saturated carbocycles. The average Bonchev–Trinajstić information content (AvgIpc) is 3.04. The summed E-state index contributed by atoms with van der Waals surface area (Å²) >= 11 is 0. The van der Waals surface area contributed by atoms with Crippen LogP contribution in [0, 0.1) is 0 Å². The van der Waals surface area contributed by atoms with Gasteiger partial charge in [0.15, 0.2) is 0 Å². The van der Waals surface area contributed by atoms with E-state index in [1.54, 1.807) is 36.4 Å². The third kappa shape index (κ3) is 1.77. The van der Waals surface area contributed by atoms with Crippen LogP contribution in [-0.2, 0) is 9.84 Å². The highest BCUT2D eigenvalue weighted by Crippen LogP contribution is 2.24. The molecule has 0 aliphatic heterocycles. The highest BCUT2D eigenvalue weighted by atomic mass is 32.2. The zero-order valence-corrected chi connectivity index (χ0v) is 12.0. The number of nitrogens with zero attached hydrogens (tertiary/aromatic N) is 5. The second-order valence-electron chi connectivity index (χ2n) is 4.64. The van der Waals surface area contributed by atoms with E-state index >= 15 is 0 Å². The topological polar surface area (TPSA) is 90.1 Å². The van der Waals surface area contributed by atoms with Crippen LogP contribution in [0.4, 0.5) is 0 Å². The second-order valence-corrected chi connectivity index (χ2v) is 6.50. The smallest absolute Gasteiger partial charge is 0.227 e. The maximum absolute atomic E-state index is 12.8. The zero-order valence-electron chi connectivity index (χ0n) is 11.2. The van der Waals surface area contributed by atoms with Crippen molar-refractivity contribution in [3.05, 3.63) is 54.6 Å². The molecule has 0 aliphatic carbocycles. The zero-order chi connectivity index (χ0) is 15.2. The van der Waals surface area contributed by atoms with E-state index in [0.717, 1.165) is 0 Å². The van der Waals surface area contributed by atoms with Crippen LogP contribution >= 0.6 is 0 Å². The molecule has 108 valence electrons. The maximum atomic E-state index is 12.8. The Bertz CT molecular complexity index is 1090. The first kappa shape index (κ1) is 12.8. The van der Waals surface area contributed by atoms with Gasteiger partial charge in [0.2, 0.25) is 20.5 Å². The fraction of sp³-hybridized carbons (Fsp3) is 0. The van der Waals surface area contributed by atoms with Gasteiger partial charge >= 0.3 is 0 Å². The van der Waals surface area contributed by atoms with Crippen molar-refractivity contribution >= 4 is 26.5 Å². The average molecular weight is 311 g/mol. The Morgan fingerprint density at radius 2 is 1.64 bits per heavy atom. The number of sulfone groups is 1. The Labute approximate surface area is 125 Å². The van der Waals surface area contributed by atoms with Gasteiger partial charge < -0.3 is 0 Å². The quantitative estimate of drug-likeness (QED) is 0.557. The summed E-state index contributed by atoms with van der Waals surface area (Å²) in [5.41, 5.74) is 1.27. The fourth-order valence-electron chi connectivity index (χ4n) is 2.27. The second kappa shape index (κ2) is 4.57. The molecule has 0 saturated heterocycles. The van der Waals surface area contributed by atoms with Crippen LogP contribution in [0.5, 0.6) is 0 Å². The Hall–Kier alpha value is -2.87. The Balaban J connectivity index is 2.12. The fourth-order valence-corrected chi connectivity index (χ4v) is 3.60. The van der Waals surface area contributed by atoms with Gasteiger partial charge in [-0.1, -0.05) is 30.3 Å². The van der Waals surface area contributed by atoms with Gasteiger partial charge in [-0.2, -0.15) is 4.52 Å². The summed E-state index contributed by atoms with van der Waals surface area (Å²) in [6, 6.07) is 15.2. The number of hydrogen-bond acceptors (Lipinski definition) is 6. The lowest BCUT2D eigenvalue weighted by atomic mass is 10.3.